The molecule has 1 unspecified atom stereocenters. The quantitative estimate of drug-likeness (QED) is 0.752. The number of hydroxylamine groups is 1. The minimum atomic E-state index is -0.397. The number of nitrogens with one attached hydrogen (secondary N) is 1. The molecular formula is C19H23NO4. The van der Waals surface area contributed by atoms with E-state index in [1.807, 2.05) is 31.2 Å². The largest absolute Gasteiger partial charge is 0.497 e. The zero-order valence-electron chi connectivity index (χ0n) is 14.2. The van der Waals surface area contributed by atoms with E-state index < -0.39 is 5.97 Å². The highest BCUT2D eigenvalue weighted by Gasteiger charge is 2.15. The maximum atomic E-state index is 12.0. The number of rotatable bonds is 8. The summed E-state index contributed by atoms with van der Waals surface area (Å²) in [4.78, 5) is 17.2. The molecule has 0 spiro atoms. The Hall–Kier alpha value is -2.53. The molecule has 24 heavy (non-hydrogen) atoms. The molecule has 0 fully saturated rings. The van der Waals surface area contributed by atoms with Gasteiger partial charge in [-0.3, -0.25) is 0 Å². The highest BCUT2D eigenvalue weighted by atomic mass is 16.7. The van der Waals surface area contributed by atoms with Crippen molar-refractivity contribution < 1.29 is 19.1 Å². The number of hydrogen-bond acceptors (Lipinski definition) is 5. The van der Waals surface area contributed by atoms with Gasteiger partial charge < -0.3 is 14.3 Å². The molecule has 0 aromatic heterocycles. The number of ether oxygens (including phenoxy) is 2. The second-order valence-corrected chi connectivity index (χ2v) is 5.36. The van der Waals surface area contributed by atoms with Crippen molar-refractivity contribution in [2.45, 2.75) is 25.8 Å². The van der Waals surface area contributed by atoms with Gasteiger partial charge in [-0.25, -0.2) is 4.79 Å². The number of carbonyl (C=O) groups is 1. The first kappa shape index (κ1) is 17.8. The summed E-state index contributed by atoms with van der Waals surface area (Å²) < 4.78 is 10.7. The lowest BCUT2D eigenvalue weighted by molar-refractivity contribution is 0.0149. The third kappa shape index (κ3) is 4.73. The van der Waals surface area contributed by atoms with Crippen molar-refractivity contribution in [2.24, 2.45) is 0 Å². The van der Waals surface area contributed by atoms with Crippen LogP contribution in [0, 0.1) is 0 Å². The number of benzene rings is 2. The predicted molar refractivity (Wildman–Crippen MR) is 92.3 cm³/mol. The molecule has 2 rings (SSSR count). The summed E-state index contributed by atoms with van der Waals surface area (Å²) in [6, 6.07) is 14.5. The predicted octanol–water partition coefficient (Wildman–Crippen LogP) is 3.39. The van der Waals surface area contributed by atoms with Crippen LogP contribution < -0.4 is 15.0 Å². The highest BCUT2D eigenvalue weighted by molar-refractivity contribution is 5.89. The van der Waals surface area contributed by atoms with Crippen LogP contribution in [0.25, 0.3) is 0 Å². The first-order chi connectivity index (χ1) is 11.7. The Labute approximate surface area is 142 Å². The highest BCUT2D eigenvalue weighted by Crippen LogP contribution is 2.25. The van der Waals surface area contributed by atoms with Crippen molar-refractivity contribution in [3.05, 3.63) is 59.7 Å². The van der Waals surface area contributed by atoms with E-state index in [9.17, 15) is 4.79 Å². The van der Waals surface area contributed by atoms with Crippen LogP contribution in [0.15, 0.2) is 48.5 Å². The van der Waals surface area contributed by atoms with Gasteiger partial charge in [0.25, 0.3) is 0 Å². The Morgan fingerprint density at radius 3 is 2.46 bits per heavy atom. The summed E-state index contributed by atoms with van der Waals surface area (Å²) in [5.74, 6) is 1.15. The molecule has 0 bridgehead atoms. The Bertz CT molecular complexity index is 658. The van der Waals surface area contributed by atoms with Gasteiger partial charge in [-0.1, -0.05) is 25.1 Å². The minimum Gasteiger partial charge on any atom is -0.497 e. The summed E-state index contributed by atoms with van der Waals surface area (Å²) in [6.07, 6.45) is 1.45. The van der Waals surface area contributed by atoms with Crippen molar-refractivity contribution in [3.8, 4) is 11.5 Å². The molecule has 0 radical (unpaired) electrons. The molecule has 2 aromatic carbocycles. The molecule has 0 saturated heterocycles. The number of carbonyl (C=O) groups excluding carboxylic acids is 1. The van der Waals surface area contributed by atoms with E-state index in [0.29, 0.717) is 12.0 Å². The van der Waals surface area contributed by atoms with Crippen molar-refractivity contribution in [2.75, 3.05) is 14.2 Å². The second-order valence-electron chi connectivity index (χ2n) is 5.36. The third-order valence-electron chi connectivity index (χ3n) is 3.77. The van der Waals surface area contributed by atoms with Crippen molar-refractivity contribution >= 4 is 5.97 Å². The van der Waals surface area contributed by atoms with Gasteiger partial charge in [-0.15, -0.1) is 5.48 Å². The van der Waals surface area contributed by atoms with Crippen LogP contribution in [0.4, 0.5) is 0 Å². The average Bonchev–Trinajstić information content (AvgIpc) is 2.65. The normalized spacial score (nSPS) is 11.6. The van der Waals surface area contributed by atoms with E-state index in [1.165, 1.54) is 0 Å². The van der Waals surface area contributed by atoms with Gasteiger partial charge in [0.2, 0.25) is 0 Å². The maximum Gasteiger partial charge on any atom is 0.356 e. The van der Waals surface area contributed by atoms with E-state index in [0.717, 1.165) is 23.5 Å². The van der Waals surface area contributed by atoms with Crippen molar-refractivity contribution in [1.29, 1.82) is 0 Å². The first-order valence-corrected chi connectivity index (χ1v) is 7.90. The summed E-state index contributed by atoms with van der Waals surface area (Å²) in [7, 11) is 3.26. The van der Waals surface area contributed by atoms with Gasteiger partial charge in [0.15, 0.2) is 0 Å². The fraction of sp³-hybridized carbons (Fsp3) is 0.316. The molecule has 5 heteroatoms. The lowest BCUT2D eigenvalue weighted by atomic mass is 10.0. The van der Waals surface area contributed by atoms with E-state index in [4.69, 9.17) is 14.3 Å². The smallest absolute Gasteiger partial charge is 0.356 e. The zero-order chi connectivity index (χ0) is 17.4. The van der Waals surface area contributed by atoms with Crippen LogP contribution in [-0.4, -0.2) is 26.2 Å². The molecule has 0 aliphatic rings. The molecule has 0 saturated carbocycles. The molecule has 0 heterocycles. The molecule has 0 amide bonds. The minimum absolute atomic E-state index is 0.0290. The summed E-state index contributed by atoms with van der Waals surface area (Å²) >= 11 is 0. The Balaban J connectivity index is 2.00. The van der Waals surface area contributed by atoms with Crippen molar-refractivity contribution in [3.63, 3.8) is 0 Å². The van der Waals surface area contributed by atoms with Crippen LogP contribution >= 0.6 is 0 Å². The molecule has 1 atom stereocenters. The van der Waals surface area contributed by atoms with Crippen LogP contribution in [0.3, 0.4) is 0 Å². The van der Waals surface area contributed by atoms with Crippen LogP contribution in [0.5, 0.6) is 11.5 Å². The van der Waals surface area contributed by atoms with Gasteiger partial charge in [0.05, 0.1) is 19.8 Å². The molecule has 1 N–H and O–H groups in total. The van der Waals surface area contributed by atoms with Gasteiger partial charge in [0.1, 0.15) is 11.5 Å². The summed E-state index contributed by atoms with van der Waals surface area (Å²) in [5.41, 5.74) is 4.36. The lowest BCUT2D eigenvalue weighted by Crippen LogP contribution is -2.33. The average molecular weight is 329 g/mol. The molecule has 5 nitrogen and oxygen atoms in total. The SMILES string of the molecule is CCC(Cc1cc(OC)ccc1OC)NOC(=O)c1ccccc1. The van der Waals surface area contributed by atoms with Crippen LogP contribution in [-0.2, 0) is 11.3 Å². The summed E-state index contributed by atoms with van der Waals surface area (Å²) in [6.45, 7) is 2.03. The zero-order valence-corrected chi connectivity index (χ0v) is 14.2. The fourth-order valence-corrected chi connectivity index (χ4v) is 2.35. The molecule has 2 aromatic rings. The molecule has 0 aliphatic heterocycles. The van der Waals surface area contributed by atoms with E-state index in [2.05, 4.69) is 5.48 Å². The van der Waals surface area contributed by atoms with Gasteiger partial charge in [0, 0.05) is 6.04 Å². The van der Waals surface area contributed by atoms with Gasteiger partial charge in [-0.05, 0) is 48.7 Å². The Kier molecular flexibility index (Phi) is 6.63. The monoisotopic (exact) mass is 329 g/mol. The standard InChI is InChI=1S/C19H23NO4/c1-4-16(20-24-19(21)14-8-6-5-7-9-14)12-15-13-17(22-2)10-11-18(15)23-3/h5-11,13,16,20H,4,12H2,1-3H3. The first-order valence-electron chi connectivity index (χ1n) is 7.90. The maximum absolute atomic E-state index is 12.0. The van der Waals surface area contributed by atoms with E-state index >= 15 is 0 Å². The van der Waals surface area contributed by atoms with Gasteiger partial charge >= 0.3 is 5.97 Å². The topological polar surface area (TPSA) is 56.8 Å². The summed E-state index contributed by atoms with van der Waals surface area (Å²) in [5, 5.41) is 0. The Morgan fingerprint density at radius 1 is 1.08 bits per heavy atom. The Morgan fingerprint density at radius 2 is 1.83 bits per heavy atom. The molecule has 128 valence electrons. The second kappa shape index (κ2) is 8.93. The molecular weight excluding hydrogens is 306 g/mol. The lowest BCUT2D eigenvalue weighted by Gasteiger charge is -2.18. The van der Waals surface area contributed by atoms with Crippen LogP contribution in [0.2, 0.25) is 0 Å². The van der Waals surface area contributed by atoms with Crippen molar-refractivity contribution in [1.82, 2.24) is 5.48 Å². The molecule has 0 aliphatic carbocycles. The number of methoxy groups -OCH3 is 2. The van der Waals surface area contributed by atoms with Crippen LogP contribution in [0.1, 0.15) is 29.3 Å². The third-order valence-corrected chi connectivity index (χ3v) is 3.77. The van der Waals surface area contributed by atoms with E-state index in [1.54, 1.807) is 38.5 Å². The number of hydrogen-bond donors (Lipinski definition) is 1. The van der Waals surface area contributed by atoms with Gasteiger partial charge in [-0.2, -0.15) is 0 Å². The van der Waals surface area contributed by atoms with E-state index in [-0.39, 0.29) is 6.04 Å². The fourth-order valence-electron chi connectivity index (χ4n) is 2.35.